The lowest BCUT2D eigenvalue weighted by atomic mass is 10.1. The Morgan fingerprint density at radius 3 is 2.52 bits per heavy atom. The molecule has 1 aromatic heterocycles. The van der Waals surface area contributed by atoms with Crippen LogP contribution in [-0.4, -0.2) is 15.7 Å². The van der Waals surface area contributed by atoms with Gasteiger partial charge < -0.3 is 5.32 Å². The first-order valence-corrected chi connectivity index (χ1v) is 9.49. The van der Waals surface area contributed by atoms with Crippen LogP contribution in [0.5, 0.6) is 0 Å². The van der Waals surface area contributed by atoms with Crippen molar-refractivity contribution < 1.29 is 4.79 Å². The molecular weight excluding hydrogens is 406 g/mol. The van der Waals surface area contributed by atoms with E-state index >= 15 is 0 Å². The minimum Gasteiger partial charge on any atom is -0.324 e. The van der Waals surface area contributed by atoms with Crippen LogP contribution in [0, 0.1) is 6.92 Å². The average molecular weight is 426 g/mol. The SMILES string of the molecule is CCc1ccc(-c2ccc(=O)n(CC(=O)Nc3ccc(Br)cc3C)n2)cc1. The molecule has 5 nitrogen and oxygen atoms in total. The van der Waals surface area contributed by atoms with E-state index in [1.54, 1.807) is 6.07 Å². The number of hydrogen-bond acceptors (Lipinski definition) is 3. The number of aryl methyl sites for hydroxylation is 2. The van der Waals surface area contributed by atoms with Gasteiger partial charge in [-0.2, -0.15) is 5.10 Å². The highest BCUT2D eigenvalue weighted by molar-refractivity contribution is 9.10. The molecule has 27 heavy (non-hydrogen) atoms. The number of carbonyl (C=O) groups excluding carboxylic acids is 1. The molecule has 0 unspecified atom stereocenters. The number of aromatic nitrogens is 2. The second kappa shape index (κ2) is 8.31. The molecule has 1 N–H and O–H groups in total. The first-order valence-electron chi connectivity index (χ1n) is 8.69. The van der Waals surface area contributed by atoms with E-state index in [9.17, 15) is 9.59 Å². The summed E-state index contributed by atoms with van der Waals surface area (Å²) in [5.74, 6) is -0.298. The van der Waals surface area contributed by atoms with E-state index in [-0.39, 0.29) is 18.0 Å². The highest BCUT2D eigenvalue weighted by Crippen LogP contribution is 2.20. The van der Waals surface area contributed by atoms with Crippen LogP contribution in [0.15, 0.2) is 63.9 Å². The number of benzene rings is 2. The minimum absolute atomic E-state index is 0.144. The lowest BCUT2D eigenvalue weighted by Gasteiger charge is -2.10. The predicted molar refractivity (Wildman–Crippen MR) is 111 cm³/mol. The van der Waals surface area contributed by atoms with Crippen LogP contribution in [-0.2, 0) is 17.8 Å². The van der Waals surface area contributed by atoms with Crippen molar-refractivity contribution in [2.75, 3.05) is 5.32 Å². The van der Waals surface area contributed by atoms with Crippen molar-refractivity contribution in [3.05, 3.63) is 80.6 Å². The Labute approximate surface area is 166 Å². The molecule has 0 fully saturated rings. The van der Waals surface area contributed by atoms with E-state index in [0.717, 1.165) is 22.0 Å². The maximum Gasteiger partial charge on any atom is 0.267 e. The molecule has 0 saturated carbocycles. The molecule has 1 heterocycles. The number of rotatable bonds is 5. The molecule has 0 spiro atoms. The van der Waals surface area contributed by atoms with Crippen molar-refractivity contribution in [2.24, 2.45) is 0 Å². The molecule has 0 aliphatic heterocycles. The van der Waals surface area contributed by atoms with Gasteiger partial charge in [0.15, 0.2) is 0 Å². The van der Waals surface area contributed by atoms with Crippen LogP contribution in [0.3, 0.4) is 0 Å². The van der Waals surface area contributed by atoms with Gasteiger partial charge >= 0.3 is 0 Å². The summed E-state index contributed by atoms with van der Waals surface area (Å²) in [6.07, 6.45) is 0.961. The van der Waals surface area contributed by atoms with Gasteiger partial charge in [-0.15, -0.1) is 0 Å². The van der Waals surface area contributed by atoms with Crippen LogP contribution in [0.2, 0.25) is 0 Å². The molecule has 1 amide bonds. The van der Waals surface area contributed by atoms with Crippen molar-refractivity contribution in [3.8, 4) is 11.3 Å². The molecule has 138 valence electrons. The van der Waals surface area contributed by atoms with Gasteiger partial charge in [-0.3, -0.25) is 9.59 Å². The van der Waals surface area contributed by atoms with Gasteiger partial charge in [-0.1, -0.05) is 47.1 Å². The van der Waals surface area contributed by atoms with Crippen molar-refractivity contribution in [2.45, 2.75) is 26.8 Å². The van der Waals surface area contributed by atoms with Crippen molar-refractivity contribution in [1.82, 2.24) is 9.78 Å². The van der Waals surface area contributed by atoms with Crippen molar-refractivity contribution in [1.29, 1.82) is 0 Å². The van der Waals surface area contributed by atoms with Crippen LogP contribution in [0.1, 0.15) is 18.1 Å². The smallest absolute Gasteiger partial charge is 0.267 e. The second-order valence-corrected chi connectivity index (χ2v) is 7.19. The maximum atomic E-state index is 12.4. The number of hydrogen-bond donors (Lipinski definition) is 1. The molecule has 0 bridgehead atoms. The molecule has 2 aromatic carbocycles. The summed E-state index contributed by atoms with van der Waals surface area (Å²) in [4.78, 5) is 24.5. The number of nitrogens with one attached hydrogen (secondary N) is 1. The van der Waals surface area contributed by atoms with Gasteiger partial charge in [0, 0.05) is 21.8 Å². The van der Waals surface area contributed by atoms with Gasteiger partial charge in [0.05, 0.1) is 5.69 Å². The fourth-order valence-corrected chi connectivity index (χ4v) is 3.20. The standard InChI is InChI=1S/C21H20BrN3O2/c1-3-15-4-6-16(7-5-15)19-10-11-21(27)25(24-19)13-20(26)23-18-9-8-17(22)12-14(18)2/h4-12H,3,13H2,1-2H3,(H,23,26). The molecule has 0 aliphatic carbocycles. The molecule has 0 atom stereocenters. The zero-order chi connectivity index (χ0) is 19.4. The molecule has 6 heteroatoms. The fourth-order valence-electron chi connectivity index (χ4n) is 2.72. The normalized spacial score (nSPS) is 10.6. The fraction of sp³-hybridized carbons (Fsp3) is 0.190. The van der Waals surface area contributed by atoms with E-state index in [2.05, 4.69) is 33.3 Å². The Morgan fingerprint density at radius 2 is 1.85 bits per heavy atom. The van der Waals surface area contributed by atoms with E-state index in [4.69, 9.17) is 0 Å². The second-order valence-electron chi connectivity index (χ2n) is 6.27. The molecule has 0 aliphatic rings. The number of carbonyl (C=O) groups is 1. The third-order valence-electron chi connectivity index (χ3n) is 4.28. The zero-order valence-electron chi connectivity index (χ0n) is 15.2. The van der Waals surface area contributed by atoms with E-state index in [1.165, 1.54) is 16.3 Å². The van der Waals surface area contributed by atoms with Crippen LogP contribution in [0.4, 0.5) is 5.69 Å². The van der Waals surface area contributed by atoms with Crippen LogP contribution < -0.4 is 10.9 Å². The summed E-state index contributed by atoms with van der Waals surface area (Å²) in [6, 6.07) is 16.7. The average Bonchev–Trinajstić information content (AvgIpc) is 2.66. The van der Waals surface area contributed by atoms with Gasteiger partial charge in [0.25, 0.3) is 5.56 Å². The third-order valence-corrected chi connectivity index (χ3v) is 4.77. The summed E-state index contributed by atoms with van der Waals surface area (Å²) in [6.45, 7) is 3.86. The predicted octanol–water partition coefficient (Wildman–Crippen LogP) is 4.18. The van der Waals surface area contributed by atoms with Crippen LogP contribution >= 0.6 is 15.9 Å². The summed E-state index contributed by atoms with van der Waals surface area (Å²) in [5, 5.41) is 7.18. The molecular formula is C21H20BrN3O2. The number of amides is 1. The van der Waals surface area contributed by atoms with Gasteiger partial charge in [0.1, 0.15) is 6.54 Å². The Morgan fingerprint density at radius 1 is 1.11 bits per heavy atom. The molecule has 0 radical (unpaired) electrons. The number of nitrogens with zero attached hydrogens (tertiary/aromatic N) is 2. The summed E-state index contributed by atoms with van der Waals surface area (Å²) >= 11 is 3.40. The Balaban J connectivity index is 1.79. The number of halogens is 1. The quantitative estimate of drug-likeness (QED) is 0.666. The molecule has 3 aromatic rings. The van der Waals surface area contributed by atoms with E-state index in [0.29, 0.717) is 11.4 Å². The summed E-state index contributed by atoms with van der Waals surface area (Å²) in [7, 11) is 0. The van der Waals surface area contributed by atoms with Gasteiger partial charge in [0.2, 0.25) is 5.91 Å². The largest absolute Gasteiger partial charge is 0.324 e. The molecule has 3 rings (SSSR count). The Hall–Kier alpha value is -2.73. The van der Waals surface area contributed by atoms with Crippen molar-refractivity contribution >= 4 is 27.5 Å². The summed E-state index contributed by atoms with van der Waals surface area (Å²) < 4.78 is 2.13. The lowest BCUT2D eigenvalue weighted by Crippen LogP contribution is -2.29. The Kier molecular flexibility index (Phi) is 5.86. The first-order chi connectivity index (χ1) is 13.0. The third kappa shape index (κ3) is 4.71. The van der Waals surface area contributed by atoms with Crippen LogP contribution in [0.25, 0.3) is 11.3 Å². The minimum atomic E-state index is -0.313. The van der Waals surface area contributed by atoms with E-state index < -0.39 is 0 Å². The maximum absolute atomic E-state index is 12.4. The highest BCUT2D eigenvalue weighted by atomic mass is 79.9. The van der Waals surface area contributed by atoms with Gasteiger partial charge in [-0.05, 0) is 48.7 Å². The topological polar surface area (TPSA) is 64.0 Å². The van der Waals surface area contributed by atoms with Gasteiger partial charge in [-0.25, -0.2) is 4.68 Å². The number of anilines is 1. The van der Waals surface area contributed by atoms with Crippen molar-refractivity contribution in [3.63, 3.8) is 0 Å². The summed E-state index contributed by atoms with van der Waals surface area (Å²) in [5.41, 5.74) is 4.13. The Bertz CT molecular complexity index is 1030. The molecule has 0 saturated heterocycles. The highest BCUT2D eigenvalue weighted by Gasteiger charge is 2.10. The zero-order valence-corrected chi connectivity index (χ0v) is 16.8. The van der Waals surface area contributed by atoms with E-state index in [1.807, 2.05) is 49.4 Å². The first kappa shape index (κ1) is 19.0. The lowest BCUT2D eigenvalue weighted by molar-refractivity contribution is -0.117. The monoisotopic (exact) mass is 425 g/mol.